The summed E-state index contributed by atoms with van der Waals surface area (Å²) < 4.78 is 4.99. The third-order valence-corrected chi connectivity index (χ3v) is 0.979. The van der Waals surface area contributed by atoms with E-state index in [0.717, 1.165) is 13.1 Å². The molecule has 3 nitrogen and oxygen atoms in total. The van der Waals surface area contributed by atoms with Crippen molar-refractivity contribution in [2.75, 3.05) is 26.3 Å². The molecule has 0 unspecified atom stereocenters. The minimum absolute atomic E-state index is 0.0801. The molecule has 0 aliphatic rings. The van der Waals surface area contributed by atoms with Crippen LogP contribution in [0.25, 0.3) is 0 Å². The third kappa shape index (κ3) is 7.59. The molecule has 0 spiro atoms. The maximum absolute atomic E-state index is 10.3. The first-order valence-corrected chi connectivity index (χ1v) is 3.55. The van der Waals surface area contributed by atoms with Crippen LogP contribution < -0.4 is 5.32 Å². The summed E-state index contributed by atoms with van der Waals surface area (Å²) in [5, 5.41) is 3.09. The number of Topliss-reactive ketones (excluding diaryl/α,β-unsaturated/α-hetero) is 1. The van der Waals surface area contributed by atoms with Gasteiger partial charge in [-0.05, 0) is 13.5 Å². The molecule has 0 radical (unpaired) electrons. The molecule has 0 fully saturated rings. The molecular formula is C7H15NO2. The maximum atomic E-state index is 10.3. The van der Waals surface area contributed by atoms with E-state index in [2.05, 4.69) is 5.32 Å². The van der Waals surface area contributed by atoms with Crippen LogP contribution in [0.1, 0.15) is 13.8 Å². The summed E-state index contributed by atoms with van der Waals surface area (Å²) in [6.45, 7) is 6.18. The van der Waals surface area contributed by atoms with Crippen LogP contribution in [0.15, 0.2) is 0 Å². The minimum Gasteiger partial charge on any atom is -0.372 e. The number of rotatable bonds is 6. The summed E-state index contributed by atoms with van der Waals surface area (Å²) in [4.78, 5) is 10.3. The normalized spacial score (nSPS) is 9.80. The molecule has 0 rings (SSSR count). The Morgan fingerprint density at radius 2 is 2.30 bits per heavy atom. The summed E-state index contributed by atoms with van der Waals surface area (Å²) in [5.41, 5.74) is 0. The van der Waals surface area contributed by atoms with E-state index in [0.29, 0.717) is 6.61 Å². The molecule has 0 saturated heterocycles. The van der Waals surface area contributed by atoms with E-state index >= 15 is 0 Å². The van der Waals surface area contributed by atoms with Gasteiger partial charge in [-0.15, -0.1) is 0 Å². The van der Waals surface area contributed by atoms with Crippen LogP contribution in [0.3, 0.4) is 0 Å². The first kappa shape index (κ1) is 9.59. The van der Waals surface area contributed by atoms with E-state index in [1.807, 2.05) is 6.92 Å². The van der Waals surface area contributed by atoms with Crippen LogP contribution in [-0.4, -0.2) is 32.1 Å². The van der Waals surface area contributed by atoms with Crippen LogP contribution in [0.5, 0.6) is 0 Å². The van der Waals surface area contributed by atoms with Crippen LogP contribution in [0, 0.1) is 0 Å². The molecule has 0 amide bonds. The Balaban J connectivity index is 2.84. The zero-order valence-corrected chi connectivity index (χ0v) is 6.64. The Kier molecular flexibility index (Phi) is 6.43. The van der Waals surface area contributed by atoms with Gasteiger partial charge in [0, 0.05) is 6.54 Å². The summed E-state index contributed by atoms with van der Waals surface area (Å²) >= 11 is 0. The Morgan fingerprint density at radius 1 is 1.60 bits per heavy atom. The van der Waals surface area contributed by atoms with E-state index in [9.17, 15) is 4.79 Å². The van der Waals surface area contributed by atoms with Gasteiger partial charge in [-0.2, -0.15) is 0 Å². The van der Waals surface area contributed by atoms with Gasteiger partial charge in [-0.25, -0.2) is 0 Å². The minimum atomic E-state index is 0.0801. The smallest absolute Gasteiger partial charge is 0.155 e. The van der Waals surface area contributed by atoms with Crippen molar-refractivity contribution in [1.29, 1.82) is 0 Å². The lowest BCUT2D eigenvalue weighted by Crippen LogP contribution is -2.20. The van der Waals surface area contributed by atoms with Crippen LogP contribution in [0.2, 0.25) is 0 Å². The molecule has 0 atom stereocenters. The highest BCUT2D eigenvalue weighted by Crippen LogP contribution is 1.74. The molecule has 3 heteroatoms. The number of carbonyl (C=O) groups excluding carboxylic acids is 1. The van der Waals surface area contributed by atoms with Crippen molar-refractivity contribution in [3.05, 3.63) is 0 Å². The predicted molar refractivity (Wildman–Crippen MR) is 40.0 cm³/mol. The Morgan fingerprint density at radius 3 is 2.80 bits per heavy atom. The first-order valence-electron chi connectivity index (χ1n) is 3.55. The topological polar surface area (TPSA) is 38.3 Å². The van der Waals surface area contributed by atoms with Gasteiger partial charge >= 0.3 is 0 Å². The molecule has 0 aromatic heterocycles. The summed E-state index contributed by atoms with van der Waals surface area (Å²) in [6.07, 6.45) is 0. The number of ketones is 1. The monoisotopic (exact) mass is 145 g/mol. The lowest BCUT2D eigenvalue weighted by molar-refractivity contribution is -0.121. The first-order chi connectivity index (χ1) is 4.77. The summed E-state index contributed by atoms with van der Waals surface area (Å²) in [6, 6.07) is 0. The molecule has 60 valence electrons. The molecular weight excluding hydrogens is 130 g/mol. The number of ether oxygens (including phenoxy) is 1. The predicted octanol–water partition coefficient (Wildman–Crippen LogP) is 0.201. The van der Waals surface area contributed by atoms with Gasteiger partial charge < -0.3 is 10.1 Å². The molecule has 10 heavy (non-hydrogen) atoms. The fraction of sp³-hybridized carbons (Fsp3) is 0.857. The van der Waals surface area contributed by atoms with Crippen molar-refractivity contribution in [3.8, 4) is 0 Å². The number of nitrogens with one attached hydrogen (secondary N) is 1. The second-order valence-electron chi connectivity index (χ2n) is 2.11. The zero-order chi connectivity index (χ0) is 7.82. The van der Waals surface area contributed by atoms with E-state index in [4.69, 9.17) is 4.74 Å². The van der Waals surface area contributed by atoms with Crippen molar-refractivity contribution in [2.24, 2.45) is 0 Å². The summed E-state index contributed by atoms with van der Waals surface area (Å²) in [5.74, 6) is 0.0801. The molecule has 0 aromatic carbocycles. The van der Waals surface area contributed by atoms with Crippen molar-refractivity contribution in [2.45, 2.75) is 13.8 Å². The molecule has 0 aromatic rings. The van der Waals surface area contributed by atoms with Gasteiger partial charge in [-0.3, -0.25) is 4.79 Å². The van der Waals surface area contributed by atoms with Crippen molar-refractivity contribution >= 4 is 5.78 Å². The second-order valence-corrected chi connectivity index (χ2v) is 2.11. The fourth-order valence-electron chi connectivity index (χ4n) is 0.537. The van der Waals surface area contributed by atoms with E-state index in [-0.39, 0.29) is 12.4 Å². The number of carbonyl (C=O) groups is 1. The Labute approximate surface area is 61.8 Å². The van der Waals surface area contributed by atoms with Crippen LogP contribution >= 0.6 is 0 Å². The molecule has 0 heterocycles. The molecule has 0 aliphatic carbocycles. The average molecular weight is 145 g/mol. The lowest BCUT2D eigenvalue weighted by Gasteiger charge is -2.00. The maximum Gasteiger partial charge on any atom is 0.155 e. The molecule has 0 aliphatic heterocycles. The highest BCUT2D eigenvalue weighted by molar-refractivity contribution is 5.76. The quantitative estimate of drug-likeness (QED) is 0.543. The summed E-state index contributed by atoms with van der Waals surface area (Å²) in [7, 11) is 0. The molecule has 0 saturated carbocycles. The van der Waals surface area contributed by atoms with E-state index < -0.39 is 0 Å². The zero-order valence-electron chi connectivity index (χ0n) is 6.64. The standard InChI is InChI=1S/C7H15NO2/c1-3-8-4-5-10-6-7(2)9/h8H,3-6H2,1-2H3. The number of hydrogen-bond acceptors (Lipinski definition) is 3. The van der Waals surface area contributed by atoms with Crippen LogP contribution in [-0.2, 0) is 9.53 Å². The highest BCUT2D eigenvalue weighted by Gasteiger charge is 1.90. The second kappa shape index (κ2) is 6.71. The average Bonchev–Trinajstić information content (AvgIpc) is 1.87. The number of hydrogen-bond donors (Lipinski definition) is 1. The van der Waals surface area contributed by atoms with Crippen molar-refractivity contribution in [3.63, 3.8) is 0 Å². The van der Waals surface area contributed by atoms with E-state index in [1.165, 1.54) is 6.92 Å². The van der Waals surface area contributed by atoms with Gasteiger partial charge in [0.2, 0.25) is 0 Å². The van der Waals surface area contributed by atoms with E-state index in [1.54, 1.807) is 0 Å². The SMILES string of the molecule is CCNCCOCC(C)=O. The lowest BCUT2D eigenvalue weighted by atomic mass is 10.5. The third-order valence-electron chi connectivity index (χ3n) is 0.979. The molecule has 0 bridgehead atoms. The van der Waals surface area contributed by atoms with Gasteiger partial charge in [0.25, 0.3) is 0 Å². The van der Waals surface area contributed by atoms with Gasteiger partial charge in [0.1, 0.15) is 6.61 Å². The van der Waals surface area contributed by atoms with Crippen molar-refractivity contribution < 1.29 is 9.53 Å². The van der Waals surface area contributed by atoms with Crippen molar-refractivity contribution in [1.82, 2.24) is 5.32 Å². The van der Waals surface area contributed by atoms with Crippen LogP contribution in [0.4, 0.5) is 0 Å². The highest BCUT2D eigenvalue weighted by atomic mass is 16.5. The Bertz CT molecular complexity index is 93.6. The largest absolute Gasteiger partial charge is 0.372 e. The van der Waals surface area contributed by atoms with Gasteiger partial charge in [0.05, 0.1) is 6.61 Å². The van der Waals surface area contributed by atoms with Gasteiger partial charge in [-0.1, -0.05) is 6.92 Å². The number of likely N-dealkylation sites (N-methyl/N-ethyl adjacent to an activating group) is 1. The van der Waals surface area contributed by atoms with Gasteiger partial charge in [0.15, 0.2) is 5.78 Å². The Hall–Kier alpha value is -0.410. The molecule has 1 N–H and O–H groups in total. The fourth-order valence-corrected chi connectivity index (χ4v) is 0.537.